The number of rotatable bonds is 1. The Morgan fingerprint density at radius 1 is 1.00 bits per heavy atom. The van der Waals surface area contributed by atoms with E-state index in [0.29, 0.717) is 0 Å². The Kier molecular flexibility index (Phi) is 8.23. The van der Waals surface area contributed by atoms with Crippen molar-refractivity contribution >= 4 is 5.57 Å². The van der Waals surface area contributed by atoms with Crippen molar-refractivity contribution in [3.05, 3.63) is 47.4 Å². The second kappa shape index (κ2) is 8.22. The van der Waals surface area contributed by atoms with E-state index in [9.17, 15) is 0 Å². The summed E-state index contributed by atoms with van der Waals surface area (Å²) in [5.41, 5.74) is 8.61. The minimum atomic E-state index is 0. The Morgan fingerprint density at radius 3 is 2.05 bits per heavy atom. The molecule has 1 heterocycles. The second-order valence-corrected chi connectivity index (χ2v) is 7.10. The van der Waals surface area contributed by atoms with Gasteiger partial charge < -0.3 is 7.43 Å². The molecular formula is C20H31NY-2. The van der Waals surface area contributed by atoms with Crippen LogP contribution in [0.1, 0.15) is 55.0 Å². The fourth-order valence-electron chi connectivity index (χ4n) is 2.95. The molecule has 0 bridgehead atoms. The van der Waals surface area contributed by atoms with Crippen LogP contribution in [0.4, 0.5) is 0 Å². The minimum Gasteiger partial charge on any atom is -0.358 e. The van der Waals surface area contributed by atoms with Gasteiger partial charge in [-0.1, -0.05) is 27.7 Å². The molecule has 0 spiro atoms. The molecule has 0 aliphatic carbocycles. The predicted molar refractivity (Wildman–Crippen MR) is 94.6 cm³/mol. The molecule has 1 nitrogen and oxygen atoms in total. The summed E-state index contributed by atoms with van der Waals surface area (Å²) in [6.07, 6.45) is 3.54. The van der Waals surface area contributed by atoms with Crippen LogP contribution in [0.5, 0.6) is 0 Å². The summed E-state index contributed by atoms with van der Waals surface area (Å²) in [4.78, 5) is 2.54. The van der Waals surface area contributed by atoms with Crippen LogP contribution in [-0.2, 0) is 32.7 Å². The van der Waals surface area contributed by atoms with Crippen LogP contribution >= 0.6 is 0 Å². The molecule has 0 atom stereocenters. The number of aryl methyl sites for hydroxylation is 1. The third kappa shape index (κ3) is 4.52. The molecule has 0 fully saturated rings. The van der Waals surface area contributed by atoms with Crippen molar-refractivity contribution in [1.29, 1.82) is 0 Å². The van der Waals surface area contributed by atoms with Crippen LogP contribution in [-0.4, -0.2) is 23.5 Å². The topological polar surface area (TPSA) is 3.24 Å². The van der Waals surface area contributed by atoms with E-state index in [-0.39, 0.29) is 45.7 Å². The van der Waals surface area contributed by atoms with Crippen molar-refractivity contribution < 1.29 is 32.7 Å². The maximum absolute atomic E-state index is 3.62. The van der Waals surface area contributed by atoms with Gasteiger partial charge in [-0.15, -0.1) is 45.5 Å². The zero-order valence-corrected chi connectivity index (χ0v) is 18.6. The maximum atomic E-state index is 3.62. The van der Waals surface area contributed by atoms with E-state index in [1.165, 1.54) is 33.4 Å². The van der Waals surface area contributed by atoms with Gasteiger partial charge in [0, 0.05) is 44.8 Å². The molecule has 0 amide bonds. The van der Waals surface area contributed by atoms with E-state index in [2.05, 4.69) is 65.5 Å². The zero-order chi connectivity index (χ0) is 15.1. The first-order chi connectivity index (χ1) is 9.21. The Bertz CT molecular complexity index is 550. The molecule has 2 rings (SSSR count). The van der Waals surface area contributed by atoms with Crippen LogP contribution in [0, 0.1) is 41.2 Å². The second-order valence-electron chi connectivity index (χ2n) is 7.10. The van der Waals surface area contributed by atoms with Crippen molar-refractivity contribution in [3.63, 3.8) is 0 Å². The summed E-state index contributed by atoms with van der Waals surface area (Å²) in [7, 11) is 0. The molecule has 0 saturated carbocycles. The molecular weight excluding hydrogens is 343 g/mol. The van der Waals surface area contributed by atoms with E-state index in [0.717, 1.165) is 19.5 Å². The van der Waals surface area contributed by atoms with Gasteiger partial charge in [0.25, 0.3) is 0 Å². The van der Waals surface area contributed by atoms with Gasteiger partial charge >= 0.3 is 0 Å². The standard InChI is InChI=1S/C19H28N.CH3.Y/c1-13-12-18(16(4)15(3)14(13)2)17-8-10-20(11-9-17)19(5,6)7;;/h8H,9-11H2,1-7H3;1H3;/q2*-1;. The first kappa shape index (κ1) is 22.0. The van der Waals surface area contributed by atoms with Crippen molar-refractivity contribution in [3.8, 4) is 0 Å². The zero-order valence-electron chi connectivity index (χ0n) is 15.7. The molecule has 0 saturated heterocycles. The van der Waals surface area contributed by atoms with Crippen LogP contribution in [0.15, 0.2) is 6.08 Å². The Labute approximate surface area is 163 Å². The van der Waals surface area contributed by atoms with Crippen LogP contribution in [0.25, 0.3) is 5.57 Å². The normalized spacial score (nSPS) is 15.7. The molecule has 1 aromatic carbocycles. The first-order valence-corrected chi connectivity index (χ1v) is 7.66. The van der Waals surface area contributed by atoms with E-state index in [4.69, 9.17) is 0 Å². The molecule has 1 aliphatic rings. The average Bonchev–Trinajstić information content (AvgIpc) is 2.40. The number of hydrogen-bond donors (Lipinski definition) is 0. The summed E-state index contributed by atoms with van der Waals surface area (Å²) in [6, 6.07) is 3.62. The molecule has 1 aromatic rings. The van der Waals surface area contributed by atoms with E-state index < -0.39 is 0 Å². The summed E-state index contributed by atoms with van der Waals surface area (Å²) in [5.74, 6) is 0. The Morgan fingerprint density at radius 2 is 1.59 bits per heavy atom. The Balaban J connectivity index is 0.00000220. The van der Waals surface area contributed by atoms with E-state index >= 15 is 0 Å². The van der Waals surface area contributed by atoms with Crippen molar-refractivity contribution in [2.45, 2.75) is 60.4 Å². The SMILES string of the molecule is Cc1[c-]c(C2=CCN(C(C)(C)C)CC2)c(C)c(C)c1C.[CH3-].[Y]. The molecule has 1 aliphatic heterocycles. The van der Waals surface area contributed by atoms with Crippen molar-refractivity contribution in [2.75, 3.05) is 13.1 Å². The summed E-state index contributed by atoms with van der Waals surface area (Å²) in [6.45, 7) is 17.9. The van der Waals surface area contributed by atoms with Gasteiger partial charge in [-0.25, -0.2) is 0 Å². The fraction of sp³-hybridized carbons (Fsp3) is 0.550. The maximum Gasteiger partial charge on any atom is 0.0127 e. The van der Waals surface area contributed by atoms with Gasteiger partial charge in [-0.05, 0) is 33.7 Å². The van der Waals surface area contributed by atoms with Gasteiger partial charge in [-0.3, -0.25) is 4.90 Å². The molecule has 121 valence electrons. The van der Waals surface area contributed by atoms with Crippen molar-refractivity contribution in [1.82, 2.24) is 4.90 Å². The van der Waals surface area contributed by atoms with Gasteiger partial charge in [0.2, 0.25) is 0 Å². The van der Waals surface area contributed by atoms with Crippen molar-refractivity contribution in [2.24, 2.45) is 0 Å². The molecule has 0 aromatic heterocycles. The largest absolute Gasteiger partial charge is 0.358 e. The monoisotopic (exact) mass is 374 g/mol. The van der Waals surface area contributed by atoms with Gasteiger partial charge in [-0.2, -0.15) is 0 Å². The Hall–Kier alpha value is 0.0239. The molecule has 22 heavy (non-hydrogen) atoms. The van der Waals surface area contributed by atoms with Gasteiger partial charge in [0.1, 0.15) is 0 Å². The van der Waals surface area contributed by atoms with Crippen LogP contribution in [0.3, 0.4) is 0 Å². The number of hydrogen-bond acceptors (Lipinski definition) is 1. The van der Waals surface area contributed by atoms with Crippen LogP contribution < -0.4 is 0 Å². The first-order valence-electron chi connectivity index (χ1n) is 7.66. The minimum absolute atomic E-state index is 0. The quantitative estimate of drug-likeness (QED) is 0.622. The smallest absolute Gasteiger partial charge is 0.0127 e. The van der Waals surface area contributed by atoms with E-state index in [1.807, 2.05) is 0 Å². The number of nitrogens with zero attached hydrogens (tertiary/aromatic N) is 1. The molecule has 0 N–H and O–H groups in total. The molecule has 2 heteroatoms. The fourth-order valence-corrected chi connectivity index (χ4v) is 2.95. The molecule has 0 unspecified atom stereocenters. The van der Waals surface area contributed by atoms with Gasteiger partial charge in [0.05, 0.1) is 0 Å². The summed E-state index contributed by atoms with van der Waals surface area (Å²) >= 11 is 0. The summed E-state index contributed by atoms with van der Waals surface area (Å²) in [5, 5.41) is 0. The average molecular weight is 374 g/mol. The van der Waals surface area contributed by atoms with Crippen LogP contribution in [0.2, 0.25) is 0 Å². The van der Waals surface area contributed by atoms with Gasteiger partial charge in [0.15, 0.2) is 0 Å². The predicted octanol–water partition coefficient (Wildman–Crippen LogP) is 5.06. The number of benzene rings is 1. The molecule has 1 radical (unpaired) electrons. The third-order valence-electron chi connectivity index (χ3n) is 4.85. The third-order valence-corrected chi connectivity index (χ3v) is 4.85. The summed E-state index contributed by atoms with van der Waals surface area (Å²) < 4.78 is 0. The van der Waals surface area contributed by atoms with E-state index in [1.54, 1.807) is 0 Å².